The minimum Gasteiger partial charge on any atom is -0.329 e. The van der Waals surface area contributed by atoms with Crippen molar-refractivity contribution in [1.29, 1.82) is 0 Å². The van der Waals surface area contributed by atoms with Gasteiger partial charge in [-0.05, 0) is 24.7 Å². The smallest absolute Gasteiger partial charge is 0.238 e. The number of nitrogens with two attached hydrogens (primary N) is 1. The Bertz CT molecular complexity index is 414. The molecule has 18 heavy (non-hydrogen) atoms. The molecule has 1 amide bonds. The van der Waals surface area contributed by atoms with Crippen molar-refractivity contribution in [2.75, 3.05) is 31.5 Å². The normalized spacial score (nSPS) is 10.7. The van der Waals surface area contributed by atoms with Crippen LogP contribution in [0.2, 0.25) is 0 Å². The van der Waals surface area contributed by atoms with Gasteiger partial charge >= 0.3 is 0 Å². The second-order valence-corrected chi connectivity index (χ2v) is 4.75. The molecular weight excluding hydrogens is 301 g/mol. The van der Waals surface area contributed by atoms with Crippen molar-refractivity contribution in [3.63, 3.8) is 0 Å². The second-order valence-electron chi connectivity index (χ2n) is 3.83. The van der Waals surface area contributed by atoms with Crippen LogP contribution in [0.25, 0.3) is 0 Å². The van der Waals surface area contributed by atoms with Crippen LogP contribution in [0.3, 0.4) is 0 Å². The highest BCUT2D eigenvalue weighted by Crippen LogP contribution is 2.19. The number of nitrogens with zero attached hydrogens (tertiary/aromatic N) is 1. The minimum atomic E-state index is -0.459. The van der Waals surface area contributed by atoms with Crippen molar-refractivity contribution < 1.29 is 9.18 Å². The molecule has 6 heteroatoms. The molecular formula is C12H17BrFN3O. The largest absolute Gasteiger partial charge is 0.329 e. The first-order valence-electron chi connectivity index (χ1n) is 5.74. The first-order chi connectivity index (χ1) is 8.56. The third-order valence-corrected chi connectivity index (χ3v) is 2.96. The monoisotopic (exact) mass is 317 g/mol. The van der Waals surface area contributed by atoms with Crippen LogP contribution in [0.4, 0.5) is 10.1 Å². The standard InChI is InChI=1S/C12H17BrFN3O/c1-2-17(6-5-15)8-12(18)16-11-4-3-9(13)7-10(11)14/h3-4,7H,2,5-6,8,15H2,1H3,(H,16,18). The molecule has 100 valence electrons. The van der Waals surface area contributed by atoms with Crippen molar-refractivity contribution in [1.82, 2.24) is 4.90 Å². The fourth-order valence-corrected chi connectivity index (χ4v) is 1.85. The van der Waals surface area contributed by atoms with Gasteiger partial charge in [0.1, 0.15) is 5.82 Å². The van der Waals surface area contributed by atoms with E-state index in [-0.39, 0.29) is 18.1 Å². The predicted octanol–water partition coefficient (Wildman–Crippen LogP) is 1.81. The number of hydrogen-bond donors (Lipinski definition) is 2. The molecule has 0 fully saturated rings. The van der Waals surface area contributed by atoms with Crippen molar-refractivity contribution in [2.45, 2.75) is 6.92 Å². The van der Waals surface area contributed by atoms with E-state index in [1.165, 1.54) is 12.1 Å². The molecule has 0 bridgehead atoms. The lowest BCUT2D eigenvalue weighted by atomic mass is 10.3. The van der Waals surface area contributed by atoms with Crippen LogP contribution >= 0.6 is 15.9 Å². The Morgan fingerprint density at radius 2 is 2.28 bits per heavy atom. The lowest BCUT2D eigenvalue weighted by Gasteiger charge is -2.18. The number of nitrogens with one attached hydrogen (secondary N) is 1. The highest BCUT2D eigenvalue weighted by atomic mass is 79.9. The van der Waals surface area contributed by atoms with Gasteiger partial charge < -0.3 is 11.1 Å². The van der Waals surface area contributed by atoms with E-state index in [2.05, 4.69) is 21.2 Å². The van der Waals surface area contributed by atoms with Gasteiger partial charge in [-0.25, -0.2) is 4.39 Å². The third-order valence-electron chi connectivity index (χ3n) is 2.46. The van der Waals surface area contributed by atoms with Crippen LogP contribution < -0.4 is 11.1 Å². The lowest BCUT2D eigenvalue weighted by molar-refractivity contribution is -0.117. The van der Waals surface area contributed by atoms with E-state index in [1.807, 2.05) is 11.8 Å². The summed E-state index contributed by atoms with van der Waals surface area (Å²) in [6, 6.07) is 4.51. The van der Waals surface area contributed by atoms with Crippen LogP contribution in [-0.2, 0) is 4.79 Å². The summed E-state index contributed by atoms with van der Waals surface area (Å²) in [5, 5.41) is 2.54. The topological polar surface area (TPSA) is 58.4 Å². The molecule has 1 aromatic rings. The molecule has 0 saturated carbocycles. The van der Waals surface area contributed by atoms with Gasteiger partial charge in [0, 0.05) is 17.6 Å². The first-order valence-corrected chi connectivity index (χ1v) is 6.53. The lowest BCUT2D eigenvalue weighted by Crippen LogP contribution is -2.36. The fraction of sp³-hybridized carbons (Fsp3) is 0.417. The van der Waals surface area contributed by atoms with Gasteiger partial charge in [-0.15, -0.1) is 0 Å². The van der Waals surface area contributed by atoms with Gasteiger partial charge in [0.15, 0.2) is 0 Å². The Morgan fingerprint density at radius 3 is 2.83 bits per heavy atom. The van der Waals surface area contributed by atoms with E-state index < -0.39 is 5.82 Å². The molecule has 0 radical (unpaired) electrons. The van der Waals surface area contributed by atoms with Crippen LogP contribution in [0.15, 0.2) is 22.7 Å². The first kappa shape index (κ1) is 15.1. The molecule has 0 aliphatic heterocycles. The Hall–Kier alpha value is -0.980. The van der Waals surface area contributed by atoms with E-state index >= 15 is 0 Å². The molecule has 0 aromatic heterocycles. The summed E-state index contributed by atoms with van der Waals surface area (Å²) in [5.74, 6) is -0.703. The number of amides is 1. The molecule has 1 rings (SSSR count). The zero-order valence-electron chi connectivity index (χ0n) is 10.2. The molecule has 1 aromatic carbocycles. The average molecular weight is 318 g/mol. The van der Waals surface area contributed by atoms with E-state index in [9.17, 15) is 9.18 Å². The Labute approximate surface area is 114 Å². The molecule has 0 aliphatic carbocycles. The number of halogens is 2. The van der Waals surface area contributed by atoms with Crippen LogP contribution in [0.5, 0.6) is 0 Å². The number of anilines is 1. The van der Waals surface area contributed by atoms with Crippen molar-refractivity contribution in [2.24, 2.45) is 5.73 Å². The van der Waals surface area contributed by atoms with Gasteiger partial charge in [-0.2, -0.15) is 0 Å². The fourth-order valence-electron chi connectivity index (χ4n) is 1.52. The number of carbonyl (C=O) groups excluding carboxylic acids is 1. The van der Waals surface area contributed by atoms with Crippen molar-refractivity contribution in [3.05, 3.63) is 28.5 Å². The summed E-state index contributed by atoms with van der Waals surface area (Å²) < 4.78 is 14.1. The van der Waals surface area contributed by atoms with Crippen molar-refractivity contribution >= 4 is 27.5 Å². The van der Waals surface area contributed by atoms with E-state index in [0.717, 1.165) is 6.54 Å². The SMILES string of the molecule is CCN(CCN)CC(=O)Nc1ccc(Br)cc1F. The van der Waals surface area contributed by atoms with Gasteiger partial charge in [-0.1, -0.05) is 22.9 Å². The van der Waals surface area contributed by atoms with Crippen LogP contribution in [-0.4, -0.2) is 37.0 Å². The van der Waals surface area contributed by atoms with Gasteiger partial charge in [0.2, 0.25) is 5.91 Å². The summed E-state index contributed by atoms with van der Waals surface area (Å²) in [7, 11) is 0. The quantitative estimate of drug-likeness (QED) is 0.841. The van der Waals surface area contributed by atoms with E-state index in [1.54, 1.807) is 6.07 Å². The van der Waals surface area contributed by atoms with Crippen LogP contribution in [0.1, 0.15) is 6.92 Å². The molecule has 4 nitrogen and oxygen atoms in total. The van der Waals surface area contributed by atoms with E-state index in [4.69, 9.17) is 5.73 Å². The molecule has 0 atom stereocenters. The summed E-state index contributed by atoms with van der Waals surface area (Å²) in [6.45, 7) is 4.03. The molecule has 0 unspecified atom stereocenters. The maximum absolute atomic E-state index is 13.5. The van der Waals surface area contributed by atoms with Gasteiger partial charge in [0.05, 0.1) is 12.2 Å². The summed E-state index contributed by atoms with van der Waals surface area (Å²) in [4.78, 5) is 13.6. The maximum Gasteiger partial charge on any atom is 0.238 e. The van der Waals surface area contributed by atoms with Gasteiger partial charge in [-0.3, -0.25) is 9.69 Å². The summed E-state index contributed by atoms with van der Waals surface area (Å²) >= 11 is 3.16. The number of hydrogen-bond acceptors (Lipinski definition) is 3. The molecule has 3 N–H and O–H groups in total. The highest BCUT2D eigenvalue weighted by molar-refractivity contribution is 9.10. The van der Waals surface area contributed by atoms with E-state index in [0.29, 0.717) is 17.6 Å². The zero-order chi connectivity index (χ0) is 13.5. The Balaban J connectivity index is 2.58. The number of carbonyl (C=O) groups is 1. The van der Waals surface area contributed by atoms with Crippen molar-refractivity contribution in [3.8, 4) is 0 Å². The molecule has 0 heterocycles. The number of rotatable bonds is 6. The zero-order valence-corrected chi connectivity index (χ0v) is 11.8. The Morgan fingerprint density at radius 1 is 1.56 bits per heavy atom. The summed E-state index contributed by atoms with van der Waals surface area (Å²) in [5.41, 5.74) is 5.62. The third kappa shape index (κ3) is 4.72. The predicted molar refractivity (Wildman–Crippen MR) is 73.9 cm³/mol. The maximum atomic E-state index is 13.5. The molecule has 0 spiro atoms. The number of benzene rings is 1. The number of likely N-dealkylation sites (N-methyl/N-ethyl adjacent to an activating group) is 1. The highest BCUT2D eigenvalue weighted by Gasteiger charge is 2.10. The molecule has 0 aliphatic rings. The molecule has 0 saturated heterocycles. The Kier molecular flexibility index (Phi) is 6.24. The second kappa shape index (κ2) is 7.45. The summed E-state index contributed by atoms with van der Waals surface area (Å²) in [6.07, 6.45) is 0. The van der Waals surface area contributed by atoms with Crippen LogP contribution in [0, 0.1) is 5.82 Å². The average Bonchev–Trinajstić information content (AvgIpc) is 2.32. The van der Waals surface area contributed by atoms with Gasteiger partial charge in [0.25, 0.3) is 0 Å². The minimum absolute atomic E-state index is 0.187.